The van der Waals surface area contributed by atoms with Crippen molar-refractivity contribution in [3.8, 4) is 5.75 Å². The Kier molecular flexibility index (Phi) is 5.72. The third kappa shape index (κ3) is 3.56. The highest BCUT2D eigenvalue weighted by Crippen LogP contribution is 2.45. The van der Waals surface area contributed by atoms with Crippen molar-refractivity contribution in [1.82, 2.24) is 15.2 Å². The number of methoxy groups -OCH3 is 1. The molecule has 3 aromatic carbocycles. The monoisotopic (exact) mass is 506 g/mol. The van der Waals surface area contributed by atoms with Crippen LogP contribution in [0.4, 0.5) is 10.5 Å². The van der Waals surface area contributed by atoms with Crippen molar-refractivity contribution in [2.45, 2.75) is 18.5 Å². The number of aromatic nitrogens is 1. The average molecular weight is 507 g/mol. The molecule has 4 aromatic rings. The van der Waals surface area contributed by atoms with E-state index in [1.807, 2.05) is 48.5 Å². The highest BCUT2D eigenvalue weighted by molar-refractivity contribution is 6.24. The molecule has 2 aliphatic rings. The van der Waals surface area contributed by atoms with E-state index in [9.17, 15) is 14.4 Å². The van der Waals surface area contributed by atoms with Crippen molar-refractivity contribution < 1.29 is 19.1 Å². The standard InChI is InChI=1S/C30H26N4O4/c1-3-16-31-28(35)21-9-5-7-11-24(21)34-29(36)25-17-22-20-8-4-6-10-23(20)32-26(22)27(33(25)30(34)37)18-12-14-19(38-2)15-13-18/h3-15,25,27,32H,1,16-17H2,2H3,(H,31,35)/t25-,27-/m0/s1. The van der Waals surface area contributed by atoms with Crippen LogP contribution in [-0.4, -0.2) is 47.4 Å². The van der Waals surface area contributed by atoms with Crippen molar-refractivity contribution in [3.63, 3.8) is 0 Å². The number of hydrogen-bond acceptors (Lipinski definition) is 4. The highest BCUT2D eigenvalue weighted by atomic mass is 16.5. The van der Waals surface area contributed by atoms with Gasteiger partial charge in [0.25, 0.3) is 11.8 Å². The number of nitrogens with zero attached hydrogens (tertiary/aromatic N) is 2. The van der Waals surface area contributed by atoms with E-state index in [4.69, 9.17) is 4.74 Å². The van der Waals surface area contributed by atoms with E-state index >= 15 is 0 Å². The fourth-order valence-electron chi connectivity index (χ4n) is 5.55. The van der Waals surface area contributed by atoms with Gasteiger partial charge in [-0.2, -0.15) is 0 Å². The number of para-hydroxylation sites is 2. The van der Waals surface area contributed by atoms with Crippen molar-refractivity contribution in [1.29, 1.82) is 0 Å². The molecule has 0 aliphatic carbocycles. The molecule has 2 N–H and O–H groups in total. The first-order valence-corrected chi connectivity index (χ1v) is 12.4. The molecule has 2 aliphatic heterocycles. The van der Waals surface area contributed by atoms with Crippen LogP contribution >= 0.6 is 0 Å². The molecule has 1 saturated heterocycles. The molecular weight excluding hydrogens is 480 g/mol. The summed E-state index contributed by atoms with van der Waals surface area (Å²) in [6.45, 7) is 3.90. The number of rotatable bonds is 6. The van der Waals surface area contributed by atoms with Crippen LogP contribution in [0.1, 0.15) is 33.2 Å². The minimum Gasteiger partial charge on any atom is -0.497 e. The number of H-pyrrole nitrogens is 1. The van der Waals surface area contributed by atoms with Crippen LogP contribution in [0, 0.1) is 0 Å². The number of ether oxygens (including phenoxy) is 1. The van der Waals surface area contributed by atoms with Gasteiger partial charge in [0.2, 0.25) is 0 Å². The second-order valence-electron chi connectivity index (χ2n) is 9.34. The van der Waals surface area contributed by atoms with E-state index in [1.54, 1.807) is 42.4 Å². The summed E-state index contributed by atoms with van der Waals surface area (Å²) in [5, 5.41) is 3.77. The third-order valence-corrected chi connectivity index (χ3v) is 7.28. The number of urea groups is 1. The Labute approximate surface area is 219 Å². The molecule has 38 heavy (non-hydrogen) atoms. The van der Waals surface area contributed by atoms with E-state index < -0.39 is 18.1 Å². The van der Waals surface area contributed by atoms with Gasteiger partial charge in [-0.05, 0) is 41.5 Å². The molecule has 4 amide bonds. The zero-order valence-corrected chi connectivity index (χ0v) is 20.8. The number of fused-ring (bicyclic) bond motifs is 4. The Morgan fingerprint density at radius 3 is 2.58 bits per heavy atom. The van der Waals surface area contributed by atoms with Crippen LogP contribution in [0.2, 0.25) is 0 Å². The van der Waals surface area contributed by atoms with E-state index in [-0.39, 0.29) is 29.6 Å². The van der Waals surface area contributed by atoms with Crippen LogP contribution in [-0.2, 0) is 11.2 Å². The second-order valence-corrected chi connectivity index (χ2v) is 9.34. The fraction of sp³-hybridized carbons (Fsp3) is 0.167. The predicted molar refractivity (Wildman–Crippen MR) is 144 cm³/mol. The van der Waals surface area contributed by atoms with Gasteiger partial charge in [0.1, 0.15) is 17.8 Å². The Morgan fingerprint density at radius 2 is 1.82 bits per heavy atom. The van der Waals surface area contributed by atoms with E-state index in [2.05, 4.69) is 16.9 Å². The number of aromatic amines is 1. The SMILES string of the molecule is C=CCNC(=O)c1ccccc1N1C(=O)[C@@H]2Cc3c([nH]c4ccccc34)[C@H](c3ccc(OC)cc3)N2C1=O. The molecule has 3 heterocycles. The first kappa shape index (κ1) is 23.5. The maximum atomic E-state index is 14.1. The van der Waals surface area contributed by atoms with Gasteiger partial charge in [-0.25, -0.2) is 9.69 Å². The maximum Gasteiger partial charge on any atom is 0.332 e. The number of amides is 4. The minimum absolute atomic E-state index is 0.251. The molecule has 1 aromatic heterocycles. The van der Waals surface area contributed by atoms with Crippen molar-refractivity contribution in [3.05, 3.63) is 108 Å². The summed E-state index contributed by atoms with van der Waals surface area (Å²) in [6.07, 6.45) is 1.95. The fourth-order valence-corrected chi connectivity index (χ4v) is 5.55. The molecule has 0 bridgehead atoms. The zero-order chi connectivity index (χ0) is 26.4. The molecule has 0 saturated carbocycles. The number of nitrogens with one attached hydrogen (secondary N) is 2. The van der Waals surface area contributed by atoms with Gasteiger partial charge >= 0.3 is 6.03 Å². The summed E-state index contributed by atoms with van der Waals surface area (Å²) in [5.74, 6) is -0.0369. The zero-order valence-electron chi connectivity index (χ0n) is 20.8. The minimum atomic E-state index is -0.717. The smallest absolute Gasteiger partial charge is 0.332 e. The Morgan fingerprint density at radius 1 is 1.08 bits per heavy atom. The van der Waals surface area contributed by atoms with Gasteiger partial charge in [0.15, 0.2) is 0 Å². The summed E-state index contributed by atoms with van der Waals surface area (Å²) in [7, 11) is 1.60. The van der Waals surface area contributed by atoms with Gasteiger partial charge in [0.05, 0.1) is 18.4 Å². The number of carbonyl (C=O) groups is 3. The topological polar surface area (TPSA) is 94.7 Å². The maximum absolute atomic E-state index is 14.1. The lowest BCUT2D eigenvalue weighted by Gasteiger charge is -2.36. The third-order valence-electron chi connectivity index (χ3n) is 7.28. The second kappa shape index (κ2) is 9.23. The lowest BCUT2D eigenvalue weighted by atomic mass is 9.89. The lowest BCUT2D eigenvalue weighted by molar-refractivity contribution is -0.120. The van der Waals surface area contributed by atoms with E-state index in [0.717, 1.165) is 32.6 Å². The molecule has 2 atom stereocenters. The Hall–Kier alpha value is -4.85. The van der Waals surface area contributed by atoms with Crippen LogP contribution in [0.5, 0.6) is 5.75 Å². The first-order chi connectivity index (χ1) is 18.5. The van der Waals surface area contributed by atoms with Gasteiger partial charge in [-0.3, -0.25) is 14.5 Å². The van der Waals surface area contributed by atoms with Gasteiger partial charge in [-0.1, -0.05) is 48.5 Å². The Bertz CT molecular complexity index is 1590. The quantitative estimate of drug-likeness (QED) is 0.296. The number of anilines is 1. The summed E-state index contributed by atoms with van der Waals surface area (Å²) in [5.41, 5.74) is 4.22. The number of hydrogen-bond donors (Lipinski definition) is 2. The molecule has 6 rings (SSSR count). The number of imide groups is 1. The first-order valence-electron chi connectivity index (χ1n) is 12.4. The molecule has 190 valence electrons. The van der Waals surface area contributed by atoms with Crippen molar-refractivity contribution in [2.24, 2.45) is 0 Å². The Balaban J connectivity index is 1.49. The predicted octanol–water partition coefficient (Wildman–Crippen LogP) is 4.58. The molecule has 8 heteroatoms. The summed E-state index contributed by atoms with van der Waals surface area (Å²) >= 11 is 0. The normalized spacial score (nSPS) is 18.3. The van der Waals surface area contributed by atoms with Crippen molar-refractivity contribution in [2.75, 3.05) is 18.6 Å². The van der Waals surface area contributed by atoms with Crippen LogP contribution in [0.3, 0.4) is 0 Å². The molecule has 1 fully saturated rings. The summed E-state index contributed by atoms with van der Waals surface area (Å²) < 4.78 is 5.34. The summed E-state index contributed by atoms with van der Waals surface area (Å²) in [4.78, 5) is 47.3. The van der Waals surface area contributed by atoms with Gasteiger partial charge < -0.3 is 15.0 Å². The molecule has 0 unspecified atom stereocenters. The highest BCUT2D eigenvalue weighted by Gasteiger charge is 2.53. The lowest BCUT2D eigenvalue weighted by Crippen LogP contribution is -2.44. The largest absolute Gasteiger partial charge is 0.497 e. The van der Waals surface area contributed by atoms with Crippen LogP contribution in [0.25, 0.3) is 10.9 Å². The van der Waals surface area contributed by atoms with E-state index in [1.165, 1.54) is 0 Å². The number of benzene rings is 3. The van der Waals surface area contributed by atoms with Crippen LogP contribution < -0.4 is 15.0 Å². The molecular formula is C30H26N4O4. The van der Waals surface area contributed by atoms with Crippen molar-refractivity contribution >= 4 is 34.4 Å². The molecule has 8 nitrogen and oxygen atoms in total. The van der Waals surface area contributed by atoms with Crippen LogP contribution in [0.15, 0.2) is 85.5 Å². The van der Waals surface area contributed by atoms with Gasteiger partial charge in [0, 0.05) is 29.6 Å². The average Bonchev–Trinajstić information content (AvgIpc) is 3.44. The van der Waals surface area contributed by atoms with E-state index in [0.29, 0.717) is 12.2 Å². The van der Waals surface area contributed by atoms with Gasteiger partial charge in [-0.15, -0.1) is 6.58 Å². The molecule has 0 spiro atoms. The molecule has 0 radical (unpaired) electrons. The number of carbonyl (C=O) groups excluding carboxylic acids is 3. The summed E-state index contributed by atoms with van der Waals surface area (Å²) in [6, 6.07) is 20.5.